The molecule has 0 fully saturated rings. The molecule has 0 aliphatic carbocycles. The van der Waals surface area contributed by atoms with Crippen LogP contribution in [-0.2, 0) is 36.3 Å². The molecule has 0 heterocycles. The quantitative estimate of drug-likeness (QED) is 0.0441. The third-order valence-corrected chi connectivity index (χ3v) is 13.5. The average Bonchev–Trinajstić information content (AvgIpc) is 3.22. The summed E-state index contributed by atoms with van der Waals surface area (Å²) in [6.45, 7) is 16.2. The minimum Gasteiger partial charge on any atom is -0.287 e. The minimum atomic E-state index is -3.40. The number of hydrogen-bond acceptors (Lipinski definition) is 8. The fourth-order valence-corrected chi connectivity index (χ4v) is 9.14. The Labute approximate surface area is 363 Å². The maximum atomic E-state index is 13.0. The standard InChI is InChI=1S/2C24H51O4P/c2*1-4-7-10-13-16-19-22-26-29(25,27-23-20-17-14-11-8-5-2)28-24-21-18-15-12-9-6-3/h2*4-24H2,1-3H3. The molecule has 8 nitrogen and oxygen atoms in total. The van der Waals surface area contributed by atoms with Crippen LogP contribution in [0.25, 0.3) is 0 Å². The zero-order valence-corrected chi connectivity index (χ0v) is 41.6. The average molecular weight is 869 g/mol. The van der Waals surface area contributed by atoms with E-state index in [0.29, 0.717) is 39.6 Å². The van der Waals surface area contributed by atoms with E-state index < -0.39 is 15.6 Å². The maximum Gasteiger partial charge on any atom is 0.474 e. The smallest absolute Gasteiger partial charge is 0.287 e. The van der Waals surface area contributed by atoms with Crippen LogP contribution in [0.1, 0.15) is 273 Å². The Hall–Kier alpha value is 0.220. The zero-order chi connectivity index (χ0) is 42.9. The van der Waals surface area contributed by atoms with Crippen LogP contribution in [0.15, 0.2) is 0 Å². The van der Waals surface area contributed by atoms with E-state index >= 15 is 0 Å². The van der Waals surface area contributed by atoms with Crippen molar-refractivity contribution in [2.45, 2.75) is 273 Å². The van der Waals surface area contributed by atoms with Crippen LogP contribution in [0.3, 0.4) is 0 Å². The summed E-state index contributed by atoms with van der Waals surface area (Å²) < 4.78 is 59.7. The van der Waals surface area contributed by atoms with E-state index in [1.807, 2.05) is 0 Å². The van der Waals surface area contributed by atoms with Crippen molar-refractivity contribution < 1.29 is 36.3 Å². The molecule has 0 saturated carbocycles. The van der Waals surface area contributed by atoms with Gasteiger partial charge in [0.05, 0.1) is 39.6 Å². The third-order valence-electron chi connectivity index (χ3n) is 10.5. The Balaban J connectivity index is 0. The molecule has 0 aliphatic rings. The molecule has 0 aromatic rings. The Morgan fingerprint density at radius 2 is 0.328 bits per heavy atom. The fraction of sp³-hybridized carbons (Fsp3) is 1.00. The first kappa shape index (κ1) is 60.3. The summed E-state index contributed by atoms with van der Waals surface area (Å²) >= 11 is 0. The van der Waals surface area contributed by atoms with Gasteiger partial charge in [0.15, 0.2) is 0 Å². The Kier molecular flexibility index (Phi) is 51.9. The second kappa shape index (κ2) is 49.9. The molecule has 0 unspecified atom stereocenters. The first-order chi connectivity index (χ1) is 28.4. The lowest BCUT2D eigenvalue weighted by molar-refractivity contribution is 0.107. The molecule has 0 aromatic heterocycles. The number of hydrogen-bond donors (Lipinski definition) is 0. The van der Waals surface area contributed by atoms with E-state index in [0.717, 1.165) is 77.0 Å². The molecule has 0 spiro atoms. The molecular formula is C48H102O8P2. The summed E-state index contributed by atoms with van der Waals surface area (Å²) in [5.41, 5.74) is 0. The van der Waals surface area contributed by atoms with Crippen molar-refractivity contribution in [3.63, 3.8) is 0 Å². The monoisotopic (exact) mass is 869 g/mol. The normalized spacial score (nSPS) is 12.0. The maximum absolute atomic E-state index is 13.0. The Morgan fingerprint density at radius 1 is 0.207 bits per heavy atom. The molecule has 0 saturated heterocycles. The molecule has 0 N–H and O–H groups in total. The lowest BCUT2D eigenvalue weighted by atomic mass is 10.1. The van der Waals surface area contributed by atoms with E-state index in [4.69, 9.17) is 27.1 Å². The molecule has 0 atom stereocenters. The van der Waals surface area contributed by atoms with Crippen LogP contribution in [0, 0.1) is 0 Å². The largest absolute Gasteiger partial charge is 0.474 e. The molecule has 0 aromatic carbocycles. The summed E-state index contributed by atoms with van der Waals surface area (Å²) in [5.74, 6) is 0. The van der Waals surface area contributed by atoms with Crippen LogP contribution in [0.4, 0.5) is 0 Å². The molecule has 352 valence electrons. The summed E-state index contributed by atoms with van der Waals surface area (Å²) in [6.07, 6.45) is 42.5. The van der Waals surface area contributed by atoms with E-state index in [1.165, 1.54) is 154 Å². The Bertz CT molecular complexity index is 689. The van der Waals surface area contributed by atoms with Gasteiger partial charge < -0.3 is 0 Å². The lowest BCUT2D eigenvalue weighted by Gasteiger charge is -2.18. The molecule has 10 heteroatoms. The van der Waals surface area contributed by atoms with Crippen LogP contribution in [0.5, 0.6) is 0 Å². The van der Waals surface area contributed by atoms with Gasteiger partial charge in [-0.2, -0.15) is 0 Å². The van der Waals surface area contributed by atoms with Crippen molar-refractivity contribution in [2.24, 2.45) is 0 Å². The van der Waals surface area contributed by atoms with Crippen molar-refractivity contribution >= 4 is 15.6 Å². The van der Waals surface area contributed by atoms with Gasteiger partial charge >= 0.3 is 15.6 Å². The Morgan fingerprint density at radius 3 is 0.466 bits per heavy atom. The lowest BCUT2D eigenvalue weighted by Crippen LogP contribution is -2.04. The highest BCUT2D eigenvalue weighted by atomic mass is 31.2. The highest BCUT2D eigenvalue weighted by Crippen LogP contribution is 2.51. The number of phosphoric ester groups is 2. The highest BCUT2D eigenvalue weighted by molar-refractivity contribution is 7.48. The van der Waals surface area contributed by atoms with Gasteiger partial charge in [-0.1, -0.05) is 234 Å². The summed E-state index contributed by atoms with van der Waals surface area (Å²) in [6, 6.07) is 0. The predicted molar refractivity (Wildman–Crippen MR) is 251 cm³/mol. The van der Waals surface area contributed by atoms with Crippen molar-refractivity contribution in [3.8, 4) is 0 Å². The van der Waals surface area contributed by atoms with Crippen molar-refractivity contribution in [2.75, 3.05) is 39.6 Å². The molecule has 0 amide bonds. The van der Waals surface area contributed by atoms with Crippen LogP contribution in [-0.4, -0.2) is 39.6 Å². The van der Waals surface area contributed by atoms with Gasteiger partial charge in [0, 0.05) is 0 Å². The fourth-order valence-electron chi connectivity index (χ4n) is 6.58. The summed E-state index contributed by atoms with van der Waals surface area (Å²) in [7, 11) is -6.81. The first-order valence-electron chi connectivity index (χ1n) is 25.4. The number of unbranched alkanes of at least 4 members (excludes halogenated alkanes) is 30. The van der Waals surface area contributed by atoms with Crippen molar-refractivity contribution in [1.29, 1.82) is 0 Å². The second-order valence-electron chi connectivity index (χ2n) is 16.5. The van der Waals surface area contributed by atoms with Gasteiger partial charge in [0.1, 0.15) is 0 Å². The predicted octanol–water partition coefficient (Wildman–Crippen LogP) is 18.5. The highest BCUT2D eigenvalue weighted by Gasteiger charge is 2.27. The van der Waals surface area contributed by atoms with Gasteiger partial charge in [-0.25, -0.2) is 9.13 Å². The van der Waals surface area contributed by atoms with Crippen LogP contribution in [0.2, 0.25) is 0 Å². The number of phosphoric acid groups is 2. The molecular weight excluding hydrogens is 766 g/mol. The van der Waals surface area contributed by atoms with E-state index in [9.17, 15) is 9.13 Å². The molecule has 58 heavy (non-hydrogen) atoms. The zero-order valence-electron chi connectivity index (χ0n) is 39.9. The van der Waals surface area contributed by atoms with Gasteiger partial charge in [-0.3, -0.25) is 27.1 Å². The van der Waals surface area contributed by atoms with Crippen molar-refractivity contribution in [1.82, 2.24) is 0 Å². The topological polar surface area (TPSA) is 89.5 Å². The second-order valence-corrected chi connectivity index (χ2v) is 19.8. The molecule has 0 aliphatic heterocycles. The van der Waals surface area contributed by atoms with Gasteiger partial charge in [-0.05, 0) is 38.5 Å². The first-order valence-corrected chi connectivity index (χ1v) is 28.4. The number of rotatable bonds is 48. The van der Waals surface area contributed by atoms with Gasteiger partial charge in [0.2, 0.25) is 0 Å². The van der Waals surface area contributed by atoms with Crippen LogP contribution >= 0.6 is 15.6 Å². The third kappa shape index (κ3) is 47.3. The van der Waals surface area contributed by atoms with E-state index in [2.05, 4.69) is 41.5 Å². The molecule has 0 radical (unpaired) electrons. The summed E-state index contributed by atoms with van der Waals surface area (Å²) in [5, 5.41) is 0. The summed E-state index contributed by atoms with van der Waals surface area (Å²) in [4.78, 5) is 0. The van der Waals surface area contributed by atoms with E-state index in [-0.39, 0.29) is 0 Å². The molecule has 0 bridgehead atoms. The van der Waals surface area contributed by atoms with Crippen LogP contribution < -0.4 is 0 Å². The van der Waals surface area contributed by atoms with E-state index in [1.54, 1.807) is 0 Å². The van der Waals surface area contributed by atoms with Gasteiger partial charge in [-0.15, -0.1) is 0 Å². The minimum absolute atomic E-state index is 0.469. The van der Waals surface area contributed by atoms with Gasteiger partial charge in [0.25, 0.3) is 0 Å². The SMILES string of the molecule is CCCCCCCCOP(=O)(OCCCCCCCC)OCCCCCCCC.CCCCCCCCOP(=O)(OCCCCCCCC)OCCCCCCCC. The molecule has 0 rings (SSSR count). The van der Waals surface area contributed by atoms with Crippen molar-refractivity contribution in [3.05, 3.63) is 0 Å².